The predicted octanol–water partition coefficient (Wildman–Crippen LogP) is 1.57. The van der Waals surface area contributed by atoms with Crippen LogP contribution in [0.1, 0.15) is 6.42 Å². The third-order valence-corrected chi connectivity index (χ3v) is 5.91. The van der Waals surface area contributed by atoms with E-state index in [4.69, 9.17) is 0 Å². The molecule has 1 atom stereocenters. The van der Waals surface area contributed by atoms with Crippen molar-refractivity contribution in [3.8, 4) is 0 Å². The molecule has 1 saturated heterocycles. The Morgan fingerprint density at radius 2 is 2.22 bits per heavy atom. The van der Waals surface area contributed by atoms with E-state index in [0.29, 0.717) is 13.1 Å². The summed E-state index contributed by atoms with van der Waals surface area (Å²) in [5.41, 5.74) is 0. The number of halogens is 2. The Balaban J connectivity index is 2.31. The zero-order valence-electron chi connectivity index (χ0n) is 9.86. The molecule has 1 N–H and O–H groups in total. The van der Waals surface area contributed by atoms with Gasteiger partial charge in [0.05, 0.1) is 4.90 Å². The van der Waals surface area contributed by atoms with Crippen LogP contribution in [0.25, 0.3) is 0 Å². The van der Waals surface area contributed by atoms with Gasteiger partial charge in [0.1, 0.15) is 5.82 Å². The smallest absolute Gasteiger partial charge is 0.244 e. The van der Waals surface area contributed by atoms with Crippen molar-refractivity contribution in [2.75, 3.05) is 20.1 Å². The number of hydrogen-bond donors (Lipinski definition) is 1. The number of nitrogens with zero attached hydrogens (tertiary/aromatic N) is 1. The van der Waals surface area contributed by atoms with Gasteiger partial charge in [-0.1, -0.05) is 0 Å². The van der Waals surface area contributed by atoms with Crippen LogP contribution in [-0.4, -0.2) is 38.9 Å². The van der Waals surface area contributed by atoms with Gasteiger partial charge in [-0.2, -0.15) is 4.31 Å². The van der Waals surface area contributed by atoms with Gasteiger partial charge in [-0.15, -0.1) is 0 Å². The topological polar surface area (TPSA) is 49.4 Å². The minimum atomic E-state index is -3.55. The van der Waals surface area contributed by atoms with Gasteiger partial charge in [0.15, 0.2) is 0 Å². The number of sulfonamides is 1. The lowest BCUT2D eigenvalue weighted by Crippen LogP contribution is -2.33. The molecule has 0 saturated carbocycles. The largest absolute Gasteiger partial charge is 0.316 e. The summed E-state index contributed by atoms with van der Waals surface area (Å²) in [5, 5.41) is 3.06. The first-order valence-corrected chi connectivity index (χ1v) is 7.81. The second-order valence-electron chi connectivity index (χ2n) is 4.21. The molecule has 18 heavy (non-hydrogen) atoms. The Kier molecular flexibility index (Phi) is 4.05. The van der Waals surface area contributed by atoms with Crippen molar-refractivity contribution in [3.05, 3.63) is 28.5 Å². The normalized spacial score (nSPS) is 21.4. The van der Waals surface area contributed by atoms with Crippen LogP contribution in [0.5, 0.6) is 0 Å². The van der Waals surface area contributed by atoms with Crippen LogP contribution in [-0.2, 0) is 10.0 Å². The summed E-state index contributed by atoms with van der Waals surface area (Å²) >= 11 is 3.10. The number of hydrogen-bond acceptors (Lipinski definition) is 3. The fourth-order valence-corrected chi connectivity index (χ4v) is 4.52. The van der Waals surface area contributed by atoms with Crippen LogP contribution in [0, 0.1) is 5.82 Å². The SMILES string of the molecule is CNC1CCN(S(=O)(=O)c2ccc(F)cc2Br)C1. The first-order chi connectivity index (χ1) is 8.45. The molecule has 1 aromatic carbocycles. The summed E-state index contributed by atoms with van der Waals surface area (Å²) in [6, 6.07) is 3.79. The zero-order valence-corrected chi connectivity index (χ0v) is 12.3. The summed E-state index contributed by atoms with van der Waals surface area (Å²) in [7, 11) is -1.74. The Hall–Kier alpha value is -0.500. The van der Waals surface area contributed by atoms with Crippen molar-refractivity contribution in [1.29, 1.82) is 0 Å². The molecule has 4 nitrogen and oxygen atoms in total. The van der Waals surface area contributed by atoms with E-state index >= 15 is 0 Å². The molecule has 0 spiro atoms. The highest BCUT2D eigenvalue weighted by molar-refractivity contribution is 9.10. The summed E-state index contributed by atoms with van der Waals surface area (Å²) in [6.45, 7) is 0.931. The van der Waals surface area contributed by atoms with Crippen LogP contribution in [0.15, 0.2) is 27.6 Å². The summed E-state index contributed by atoms with van der Waals surface area (Å²) in [5.74, 6) is -0.463. The van der Waals surface area contributed by atoms with Gasteiger partial charge in [0.2, 0.25) is 10.0 Å². The summed E-state index contributed by atoms with van der Waals surface area (Å²) < 4.78 is 39.4. The molecule has 0 radical (unpaired) electrons. The standard InChI is InChI=1S/C11H14BrFN2O2S/c1-14-9-4-5-15(7-9)18(16,17)11-3-2-8(13)6-10(11)12/h2-3,6,9,14H,4-5,7H2,1H3. The van der Waals surface area contributed by atoms with E-state index in [1.54, 1.807) is 0 Å². The Morgan fingerprint density at radius 1 is 1.50 bits per heavy atom. The maximum absolute atomic E-state index is 13.0. The number of likely N-dealkylation sites (N-methyl/N-ethyl adjacent to an activating group) is 1. The first kappa shape index (κ1) is 13.9. The molecule has 100 valence electrons. The molecule has 1 aliphatic rings. The molecule has 0 bridgehead atoms. The highest BCUT2D eigenvalue weighted by Gasteiger charge is 2.32. The minimum absolute atomic E-state index is 0.112. The van der Waals surface area contributed by atoms with E-state index in [2.05, 4.69) is 21.2 Å². The van der Waals surface area contributed by atoms with Gasteiger partial charge < -0.3 is 5.32 Å². The van der Waals surface area contributed by atoms with E-state index in [-0.39, 0.29) is 15.4 Å². The van der Waals surface area contributed by atoms with Gasteiger partial charge >= 0.3 is 0 Å². The quantitative estimate of drug-likeness (QED) is 0.911. The molecule has 0 aliphatic carbocycles. The molecular weight excluding hydrogens is 323 g/mol. The average molecular weight is 337 g/mol. The molecule has 1 aliphatic heterocycles. The van der Waals surface area contributed by atoms with Crippen molar-refractivity contribution in [2.45, 2.75) is 17.4 Å². The maximum Gasteiger partial charge on any atom is 0.244 e. The highest BCUT2D eigenvalue weighted by atomic mass is 79.9. The van der Waals surface area contributed by atoms with E-state index < -0.39 is 15.8 Å². The van der Waals surface area contributed by atoms with E-state index in [0.717, 1.165) is 12.5 Å². The maximum atomic E-state index is 13.0. The molecule has 1 unspecified atom stereocenters. The zero-order chi connectivity index (χ0) is 13.3. The van der Waals surface area contributed by atoms with Crippen LogP contribution >= 0.6 is 15.9 Å². The lowest BCUT2D eigenvalue weighted by Gasteiger charge is -2.17. The van der Waals surface area contributed by atoms with E-state index in [1.807, 2.05) is 7.05 Å². The molecule has 7 heteroatoms. The van der Waals surface area contributed by atoms with Crippen LogP contribution in [0.2, 0.25) is 0 Å². The summed E-state index contributed by atoms with van der Waals surface area (Å²) in [4.78, 5) is 0.112. The summed E-state index contributed by atoms with van der Waals surface area (Å²) in [6.07, 6.45) is 0.786. The van der Waals surface area contributed by atoms with Gasteiger partial charge in [0.25, 0.3) is 0 Å². The molecule has 0 aromatic heterocycles. The molecule has 0 amide bonds. The van der Waals surface area contributed by atoms with Gasteiger partial charge in [-0.3, -0.25) is 0 Å². The fraction of sp³-hybridized carbons (Fsp3) is 0.455. The second-order valence-corrected chi connectivity index (χ2v) is 6.97. The molecule has 1 aromatic rings. The van der Waals surface area contributed by atoms with Gasteiger partial charge in [-0.05, 0) is 47.6 Å². The van der Waals surface area contributed by atoms with Crippen molar-refractivity contribution in [2.24, 2.45) is 0 Å². The van der Waals surface area contributed by atoms with Crippen LogP contribution in [0.3, 0.4) is 0 Å². The van der Waals surface area contributed by atoms with Crippen LogP contribution < -0.4 is 5.32 Å². The minimum Gasteiger partial charge on any atom is -0.316 e. The predicted molar refractivity (Wildman–Crippen MR) is 70.3 cm³/mol. The number of rotatable bonds is 3. The lowest BCUT2D eigenvalue weighted by molar-refractivity contribution is 0.464. The lowest BCUT2D eigenvalue weighted by atomic mass is 10.3. The number of benzene rings is 1. The average Bonchev–Trinajstić information content (AvgIpc) is 2.77. The molecular formula is C11H14BrFN2O2S. The van der Waals surface area contributed by atoms with Crippen molar-refractivity contribution < 1.29 is 12.8 Å². The Labute approximate surface area is 114 Å². The fourth-order valence-electron chi connectivity index (χ4n) is 2.01. The van der Waals surface area contributed by atoms with Crippen molar-refractivity contribution in [3.63, 3.8) is 0 Å². The Bertz CT molecular complexity index is 550. The van der Waals surface area contributed by atoms with Crippen LogP contribution in [0.4, 0.5) is 4.39 Å². The van der Waals surface area contributed by atoms with Crippen molar-refractivity contribution in [1.82, 2.24) is 9.62 Å². The second kappa shape index (κ2) is 5.24. The number of nitrogens with one attached hydrogen (secondary N) is 1. The van der Waals surface area contributed by atoms with Crippen molar-refractivity contribution >= 4 is 26.0 Å². The van der Waals surface area contributed by atoms with Gasteiger partial charge in [-0.25, -0.2) is 12.8 Å². The van der Waals surface area contributed by atoms with Gasteiger partial charge in [0, 0.05) is 23.6 Å². The third kappa shape index (κ3) is 2.59. The van der Waals surface area contributed by atoms with E-state index in [1.165, 1.54) is 16.4 Å². The highest BCUT2D eigenvalue weighted by Crippen LogP contribution is 2.27. The Morgan fingerprint density at radius 3 is 2.78 bits per heavy atom. The molecule has 2 rings (SSSR count). The molecule has 1 fully saturated rings. The monoisotopic (exact) mass is 336 g/mol. The molecule has 1 heterocycles. The first-order valence-electron chi connectivity index (χ1n) is 5.57. The third-order valence-electron chi connectivity index (χ3n) is 3.07. The van der Waals surface area contributed by atoms with E-state index in [9.17, 15) is 12.8 Å².